The number of nitrogens with two attached hydrogens (primary N) is 1. The number of carbonyl (C=O) groups excluding carboxylic acids is 1. The number of rotatable bonds is 3. The summed E-state index contributed by atoms with van der Waals surface area (Å²) in [7, 11) is 0. The van der Waals surface area contributed by atoms with Crippen LogP contribution in [0.5, 0.6) is 0 Å². The molecule has 1 fully saturated rings. The largest absolute Gasteiger partial charge is 0.399 e. The lowest BCUT2D eigenvalue weighted by molar-refractivity contribution is -0.198. The second-order valence-electron chi connectivity index (χ2n) is 5.50. The molecule has 0 saturated heterocycles. The van der Waals surface area contributed by atoms with E-state index in [0.29, 0.717) is 24.9 Å². The van der Waals surface area contributed by atoms with Crippen LogP contribution in [0.1, 0.15) is 31.2 Å². The average molecular weight is 300 g/mol. The first kappa shape index (κ1) is 15.7. The van der Waals surface area contributed by atoms with Gasteiger partial charge in [-0.05, 0) is 30.5 Å². The van der Waals surface area contributed by atoms with Gasteiger partial charge in [0.25, 0.3) is 0 Å². The summed E-state index contributed by atoms with van der Waals surface area (Å²) >= 11 is 0. The van der Waals surface area contributed by atoms with E-state index in [2.05, 4.69) is 5.32 Å². The average Bonchev–Trinajstić information content (AvgIpc) is 2.44. The van der Waals surface area contributed by atoms with Crippen molar-refractivity contribution in [2.75, 3.05) is 5.73 Å². The van der Waals surface area contributed by atoms with Gasteiger partial charge in [0.15, 0.2) is 0 Å². The van der Waals surface area contributed by atoms with Crippen LogP contribution in [0.2, 0.25) is 0 Å². The summed E-state index contributed by atoms with van der Waals surface area (Å²) in [4.78, 5) is 12.1. The number of nitrogen functional groups attached to an aromatic ring is 1. The van der Waals surface area contributed by atoms with E-state index in [9.17, 15) is 18.0 Å². The van der Waals surface area contributed by atoms with Crippen molar-refractivity contribution in [2.24, 2.45) is 11.8 Å². The third kappa shape index (κ3) is 4.12. The number of hydrogen-bond donors (Lipinski definition) is 2. The molecule has 1 aromatic carbocycles. The molecule has 1 aliphatic carbocycles. The van der Waals surface area contributed by atoms with Crippen LogP contribution < -0.4 is 11.1 Å². The van der Waals surface area contributed by atoms with E-state index in [-0.39, 0.29) is 13.0 Å². The predicted molar refractivity (Wildman–Crippen MR) is 74.2 cm³/mol. The van der Waals surface area contributed by atoms with Gasteiger partial charge >= 0.3 is 6.18 Å². The van der Waals surface area contributed by atoms with Gasteiger partial charge in [0.1, 0.15) is 0 Å². The monoisotopic (exact) mass is 300 g/mol. The van der Waals surface area contributed by atoms with Crippen molar-refractivity contribution in [1.29, 1.82) is 0 Å². The van der Waals surface area contributed by atoms with Crippen LogP contribution in [-0.2, 0) is 11.3 Å². The van der Waals surface area contributed by atoms with Crippen molar-refractivity contribution in [2.45, 2.75) is 38.4 Å². The Hall–Kier alpha value is -1.72. The Morgan fingerprint density at radius 2 is 2.00 bits per heavy atom. The Labute approximate surface area is 121 Å². The van der Waals surface area contributed by atoms with E-state index in [1.807, 2.05) is 0 Å². The number of nitrogens with one attached hydrogen (secondary N) is 1. The molecule has 1 aliphatic rings. The molecule has 1 aromatic rings. The fourth-order valence-electron chi connectivity index (χ4n) is 2.86. The highest BCUT2D eigenvalue weighted by atomic mass is 19.4. The summed E-state index contributed by atoms with van der Waals surface area (Å²) in [5, 5.41) is 2.60. The second kappa shape index (κ2) is 6.37. The molecule has 0 aromatic heterocycles. The van der Waals surface area contributed by atoms with Gasteiger partial charge in [0.2, 0.25) is 5.91 Å². The molecule has 1 saturated carbocycles. The highest BCUT2D eigenvalue weighted by Crippen LogP contribution is 2.41. The molecule has 0 radical (unpaired) electrons. The lowest BCUT2D eigenvalue weighted by Gasteiger charge is -2.32. The molecule has 6 heteroatoms. The summed E-state index contributed by atoms with van der Waals surface area (Å²) in [6, 6.07) is 6.93. The van der Waals surface area contributed by atoms with Gasteiger partial charge in [0, 0.05) is 18.2 Å². The molecule has 0 heterocycles. The van der Waals surface area contributed by atoms with Crippen LogP contribution in [0.15, 0.2) is 24.3 Å². The summed E-state index contributed by atoms with van der Waals surface area (Å²) in [5.74, 6) is -3.01. The summed E-state index contributed by atoms with van der Waals surface area (Å²) in [6.45, 7) is 0.199. The maximum absolute atomic E-state index is 13.0. The Kier molecular flexibility index (Phi) is 4.75. The molecule has 1 amide bonds. The molecule has 2 unspecified atom stereocenters. The fourth-order valence-corrected chi connectivity index (χ4v) is 2.86. The van der Waals surface area contributed by atoms with Crippen molar-refractivity contribution in [3.8, 4) is 0 Å². The molecule has 3 N–H and O–H groups in total. The van der Waals surface area contributed by atoms with Crippen molar-refractivity contribution < 1.29 is 18.0 Å². The molecule has 116 valence electrons. The quantitative estimate of drug-likeness (QED) is 0.842. The molecule has 21 heavy (non-hydrogen) atoms. The standard InChI is InChI=1S/C15H19F3N2O/c16-15(17,18)13-7-2-1-6-12(13)14(21)20-9-10-4-3-5-11(19)8-10/h3-5,8,12-13H,1-2,6-7,9,19H2,(H,20,21). The molecular formula is C15H19F3N2O. The number of benzene rings is 1. The van der Waals surface area contributed by atoms with Crippen molar-refractivity contribution in [3.63, 3.8) is 0 Å². The van der Waals surface area contributed by atoms with Crippen LogP contribution >= 0.6 is 0 Å². The van der Waals surface area contributed by atoms with Crippen LogP contribution in [0, 0.1) is 11.8 Å². The Morgan fingerprint density at radius 3 is 2.67 bits per heavy atom. The minimum Gasteiger partial charge on any atom is -0.399 e. The first-order chi connectivity index (χ1) is 9.88. The maximum Gasteiger partial charge on any atom is 0.392 e. The number of hydrogen-bond acceptors (Lipinski definition) is 2. The van der Waals surface area contributed by atoms with Gasteiger partial charge in [-0.3, -0.25) is 4.79 Å². The van der Waals surface area contributed by atoms with Gasteiger partial charge in [-0.25, -0.2) is 0 Å². The molecule has 0 bridgehead atoms. The summed E-state index contributed by atoms with van der Waals surface area (Å²) < 4.78 is 38.9. The van der Waals surface area contributed by atoms with Gasteiger partial charge in [-0.15, -0.1) is 0 Å². The van der Waals surface area contributed by atoms with Crippen LogP contribution in [0.3, 0.4) is 0 Å². The number of halogens is 3. The third-order valence-corrected chi connectivity index (χ3v) is 3.94. The zero-order chi connectivity index (χ0) is 15.5. The normalized spacial score (nSPS) is 22.8. The van der Waals surface area contributed by atoms with Gasteiger partial charge in [-0.2, -0.15) is 13.2 Å². The first-order valence-corrected chi connectivity index (χ1v) is 7.07. The number of alkyl halides is 3. The van der Waals surface area contributed by atoms with E-state index >= 15 is 0 Å². The Bertz CT molecular complexity index is 502. The van der Waals surface area contributed by atoms with E-state index < -0.39 is 23.9 Å². The van der Waals surface area contributed by atoms with Crippen LogP contribution in [0.25, 0.3) is 0 Å². The van der Waals surface area contributed by atoms with E-state index in [1.165, 1.54) is 0 Å². The zero-order valence-corrected chi connectivity index (χ0v) is 11.6. The van der Waals surface area contributed by atoms with Crippen LogP contribution in [0.4, 0.5) is 18.9 Å². The first-order valence-electron chi connectivity index (χ1n) is 7.07. The second-order valence-corrected chi connectivity index (χ2v) is 5.50. The Balaban J connectivity index is 1.98. The van der Waals surface area contributed by atoms with Crippen molar-refractivity contribution >= 4 is 11.6 Å². The number of amides is 1. The SMILES string of the molecule is Nc1cccc(CNC(=O)C2CCCCC2C(F)(F)F)c1. The molecule has 0 aliphatic heterocycles. The molecule has 3 nitrogen and oxygen atoms in total. The minimum absolute atomic E-state index is 0.0415. The number of anilines is 1. The Morgan fingerprint density at radius 1 is 1.29 bits per heavy atom. The lowest BCUT2D eigenvalue weighted by atomic mass is 9.78. The summed E-state index contributed by atoms with van der Waals surface area (Å²) in [6.07, 6.45) is -2.77. The lowest BCUT2D eigenvalue weighted by Crippen LogP contribution is -2.42. The highest BCUT2D eigenvalue weighted by Gasteiger charge is 2.47. The van der Waals surface area contributed by atoms with E-state index in [0.717, 1.165) is 5.56 Å². The topological polar surface area (TPSA) is 55.1 Å². The molecular weight excluding hydrogens is 281 g/mol. The predicted octanol–water partition coefficient (Wildman–Crippen LogP) is 3.25. The van der Waals surface area contributed by atoms with E-state index in [4.69, 9.17) is 5.73 Å². The fraction of sp³-hybridized carbons (Fsp3) is 0.533. The highest BCUT2D eigenvalue weighted by molar-refractivity contribution is 5.79. The van der Waals surface area contributed by atoms with Gasteiger partial charge in [-0.1, -0.05) is 25.0 Å². The molecule has 0 spiro atoms. The van der Waals surface area contributed by atoms with Gasteiger partial charge < -0.3 is 11.1 Å². The summed E-state index contributed by atoms with van der Waals surface area (Å²) in [5.41, 5.74) is 6.97. The van der Waals surface area contributed by atoms with Crippen LogP contribution in [-0.4, -0.2) is 12.1 Å². The third-order valence-electron chi connectivity index (χ3n) is 3.94. The smallest absolute Gasteiger partial charge is 0.392 e. The molecule has 2 atom stereocenters. The number of carbonyl (C=O) groups is 1. The van der Waals surface area contributed by atoms with Crippen molar-refractivity contribution in [1.82, 2.24) is 5.32 Å². The van der Waals surface area contributed by atoms with Crippen molar-refractivity contribution in [3.05, 3.63) is 29.8 Å². The molecule has 2 rings (SSSR count). The minimum atomic E-state index is -4.31. The maximum atomic E-state index is 13.0. The zero-order valence-electron chi connectivity index (χ0n) is 11.6. The van der Waals surface area contributed by atoms with Gasteiger partial charge in [0.05, 0.1) is 5.92 Å². The van der Waals surface area contributed by atoms with E-state index in [1.54, 1.807) is 24.3 Å².